The summed E-state index contributed by atoms with van der Waals surface area (Å²) in [6.07, 6.45) is 0. The molecule has 22 heavy (non-hydrogen) atoms. The zero-order valence-corrected chi connectivity index (χ0v) is 12.4. The molecule has 0 saturated heterocycles. The minimum absolute atomic E-state index is 0.0709. The number of nitrogens with one attached hydrogen (secondary N) is 1. The molecule has 0 atom stereocenters. The monoisotopic (exact) mass is 291 g/mol. The number of benzene rings is 3. The van der Waals surface area contributed by atoms with Crippen molar-refractivity contribution in [1.29, 1.82) is 0 Å². The van der Waals surface area contributed by atoms with Crippen molar-refractivity contribution in [2.75, 3.05) is 19.0 Å². The molecule has 3 rings (SSSR count). The molecule has 1 N–H and O–H groups in total. The van der Waals surface area contributed by atoms with E-state index in [0.29, 0.717) is 5.56 Å². The summed E-state index contributed by atoms with van der Waals surface area (Å²) in [5.41, 5.74) is 1.66. The number of methoxy groups -OCH3 is 1. The summed E-state index contributed by atoms with van der Waals surface area (Å²) in [5, 5.41) is 5.24. The molecule has 0 aliphatic carbocycles. The van der Waals surface area contributed by atoms with Gasteiger partial charge >= 0.3 is 0 Å². The third kappa shape index (κ3) is 3.09. The highest BCUT2D eigenvalue weighted by molar-refractivity contribution is 6.02. The second kappa shape index (κ2) is 6.31. The van der Waals surface area contributed by atoms with Gasteiger partial charge in [-0.25, -0.2) is 0 Å². The van der Waals surface area contributed by atoms with E-state index in [9.17, 15) is 4.79 Å². The Morgan fingerprint density at radius 2 is 1.68 bits per heavy atom. The quantitative estimate of drug-likeness (QED) is 0.718. The van der Waals surface area contributed by atoms with Crippen molar-refractivity contribution < 1.29 is 9.53 Å². The third-order valence-electron chi connectivity index (χ3n) is 3.60. The van der Waals surface area contributed by atoms with Crippen LogP contribution in [0, 0.1) is 0 Å². The first-order valence-electron chi connectivity index (χ1n) is 7.16. The summed E-state index contributed by atoms with van der Waals surface area (Å²) in [5.74, 6) is 0.888. The van der Waals surface area contributed by atoms with E-state index in [1.807, 2.05) is 66.7 Å². The van der Waals surface area contributed by atoms with Gasteiger partial charge in [-0.3, -0.25) is 4.79 Å². The molecule has 0 radical (unpaired) electrons. The van der Waals surface area contributed by atoms with Gasteiger partial charge in [0.05, 0.1) is 13.7 Å². The number of rotatable bonds is 5. The molecule has 3 nitrogen and oxygen atoms in total. The van der Waals surface area contributed by atoms with Crippen LogP contribution in [-0.2, 0) is 0 Å². The number of ketones is 1. The number of ether oxygens (including phenoxy) is 1. The molecule has 3 aromatic rings. The molecule has 0 bridgehead atoms. The van der Waals surface area contributed by atoms with E-state index in [-0.39, 0.29) is 12.3 Å². The van der Waals surface area contributed by atoms with E-state index >= 15 is 0 Å². The van der Waals surface area contributed by atoms with Gasteiger partial charge in [-0.2, -0.15) is 0 Å². The highest BCUT2D eigenvalue weighted by Gasteiger charge is 2.07. The van der Waals surface area contributed by atoms with Crippen molar-refractivity contribution in [1.82, 2.24) is 0 Å². The van der Waals surface area contributed by atoms with Crippen molar-refractivity contribution in [2.45, 2.75) is 0 Å². The average molecular weight is 291 g/mol. The van der Waals surface area contributed by atoms with E-state index < -0.39 is 0 Å². The lowest BCUT2D eigenvalue weighted by atomic mass is 10.0. The number of Topliss-reactive ketones (excluding diaryl/α,β-unsaturated/α-hetero) is 1. The van der Waals surface area contributed by atoms with Gasteiger partial charge in [0, 0.05) is 11.3 Å². The van der Waals surface area contributed by atoms with Crippen molar-refractivity contribution >= 4 is 22.2 Å². The first-order valence-corrected chi connectivity index (χ1v) is 7.16. The fourth-order valence-corrected chi connectivity index (χ4v) is 2.36. The number of carbonyl (C=O) groups excluding carboxylic acids is 1. The van der Waals surface area contributed by atoms with Crippen LogP contribution in [0.5, 0.6) is 5.75 Å². The van der Waals surface area contributed by atoms with Crippen LogP contribution in [0.25, 0.3) is 10.8 Å². The number of fused-ring (bicyclic) bond motifs is 1. The van der Waals surface area contributed by atoms with Gasteiger partial charge in [0.15, 0.2) is 5.78 Å². The summed E-state index contributed by atoms with van der Waals surface area (Å²) in [4.78, 5) is 12.3. The van der Waals surface area contributed by atoms with Gasteiger partial charge in [-0.1, -0.05) is 36.4 Å². The molecule has 0 spiro atoms. The molecule has 0 saturated carbocycles. The molecule has 0 fully saturated rings. The molecule has 0 aromatic heterocycles. The Labute approximate surface area is 129 Å². The zero-order valence-electron chi connectivity index (χ0n) is 12.4. The van der Waals surface area contributed by atoms with Crippen LogP contribution in [-0.4, -0.2) is 19.4 Å². The zero-order chi connectivity index (χ0) is 15.4. The maximum absolute atomic E-state index is 12.3. The standard InChI is InChI=1S/C19H17NO2/c1-22-18-10-9-14-11-16(8-7-15(14)12-18)19(21)13-20-17-5-3-2-4-6-17/h2-12,20H,13H2,1H3. The fraction of sp³-hybridized carbons (Fsp3) is 0.105. The van der Waals surface area contributed by atoms with Gasteiger partial charge < -0.3 is 10.1 Å². The van der Waals surface area contributed by atoms with Crippen LogP contribution in [0.4, 0.5) is 5.69 Å². The Morgan fingerprint density at radius 3 is 2.45 bits per heavy atom. The molecule has 0 aliphatic heterocycles. The molecule has 0 heterocycles. The normalized spacial score (nSPS) is 10.4. The molecule has 0 aliphatic rings. The smallest absolute Gasteiger partial charge is 0.181 e. The largest absolute Gasteiger partial charge is 0.497 e. The Hall–Kier alpha value is -2.81. The summed E-state index contributed by atoms with van der Waals surface area (Å²) in [6, 6.07) is 21.3. The molecule has 0 amide bonds. The van der Waals surface area contributed by atoms with Crippen LogP contribution in [0.2, 0.25) is 0 Å². The van der Waals surface area contributed by atoms with Crippen molar-refractivity contribution in [3.8, 4) is 5.75 Å². The van der Waals surface area contributed by atoms with Crippen LogP contribution in [0.1, 0.15) is 10.4 Å². The maximum Gasteiger partial charge on any atom is 0.181 e. The Morgan fingerprint density at radius 1 is 0.955 bits per heavy atom. The van der Waals surface area contributed by atoms with Crippen molar-refractivity contribution in [2.24, 2.45) is 0 Å². The Kier molecular flexibility index (Phi) is 4.05. The lowest BCUT2D eigenvalue weighted by Crippen LogP contribution is -2.13. The Bertz CT molecular complexity index is 797. The summed E-state index contributed by atoms with van der Waals surface area (Å²) in [7, 11) is 1.65. The summed E-state index contributed by atoms with van der Waals surface area (Å²) in [6.45, 7) is 0.283. The van der Waals surface area contributed by atoms with Gasteiger partial charge in [0.1, 0.15) is 5.75 Å². The van der Waals surface area contributed by atoms with E-state index in [4.69, 9.17) is 4.74 Å². The SMILES string of the molecule is COc1ccc2cc(C(=O)CNc3ccccc3)ccc2c1. The van der Waals surface area contributed by atoms with Gasteiger partial charge in [0.2, 0.25) is 0 Å². The van der Waals surface area contributed by atoms with E-state index in [1.165, 1.54) is 0 Å². The van der Waals surface area contributed by atoms with Crippen molar-refractivity contribution in [3.63, 3.8) is 0 Å². The van der Waals surface area contributed by atoms with Crippen LogP contribution < -0.4 is 10.1 Å². The fourth-order valence-electron chi connectivity index (χ4n) is 2.36. The number of carbonyl (C=O) groups is 1. The average Bonchev–Trinajstić information content (AvgIpc) is 2.59. The minimum Gasteiger partial charge on any atom is -0.497 e. The molecule has 0 unspecified atom stereocenters. The van der Waals surface area contributed by atoms with E-state index in [0.717, 1.165) is 22.2 Å². The van der Waals surface area contributed by atoms with Gasteiger partial charge in [0.25, 0.3) is 0 Å². The van der Waals surface area contributed by atoms with Crippen LogP contribution >= 0.6 is 0 Å². The Balaban J connectivity index is 1.76. The van der Waals surface area contributed by atoms with Gasteiger partial charge in [-0.15, -0.1) is 0 Å². The molecule has 3 heteroatoms. The number of hydrogen-bond donors (Lipinski definition) is 1. The first-order chi connectivity index (χ1) is 10.8. The molecule has 3 aromatic carbocycles. The lowest BCUT2D eigenvalue weighted by Gasteiger charge is -2.07. The second-order valence-electron chi connectivity index (χ2n) is 5.07. The van der Waals surface area contributed by atoms with Crippen LogP contribution in [0.3, 0.4) is 0 Å². The molecular weight excluding hydrogens is 274 g/mol. The number of anilines is 1. The number of hydrogen-bond acceptors (Lipinski definition) is 3. The molecule has 110 valence electrons. The van der Waals surface area contributed by atoms with Crippen LogP contribution in [0.15, 0.2) is 66.7 Å². The molecular formula is C19H17NO2. The number of para-hydroxylation sites is 1. The van der Waals surface area contributed by atoms with E-state index in [1.54, 1.807) is 7.11 Å². The lowest BCUT2D eigenvalue weighted by molar-refractivity contribution is 0.101. The van der Waals surface area contributed by atoms with Crippen molar-refractivity contribution in [3.05, 3.63) is 72.3 Å². The highest BCUT2D eigenvalue weighted by atomic mass is 16.5. The first kappa shape index (κ1) is 14.1. The predicted octanol–water partition coefficient (Wildman–Crippen LogP) is 4.14. The maximum atomic E-state index is 12.3. The summed E-state index contributed by atoms with van der Waals surface area (Å²) < 4.78 is 5.21. The van der Waals surface area contributed by atoms with Gasteiger partial charge in [-0.05, 0) is 41.1 Å². The third-order valence-corrected chi connectivity index (χ3v) is 3.60. The summed E-state index contributed by atoms with van der Waals surface area (Å²) >= 11 is 0. The van der Waals surface area contributed by atoms with E-state index in [2.05, 4.69) is 5.32 Å². The topological polar surface area (TPSA) is 38.3 Å². The second-order valence-corrected chi connectivity index (χ2v) is 5.07. The predicted molar refractivity (Wildman–Crippen MR) is 89.8 cm³/mol. The highest BCUT2D eigenvalue weighted by Crippen LogP contribution is 2.22. The minimum atomic E-state index is 0.0709.